The van der Waals surface area contributed by atoms with E-state index in [1.165, 1.54) is 17.4 Å². The van der Waals surface area contributed by atoms with Crippen molar-refractivity contribution in [1.29, 1.82) is 0 Å². The first-order chi connectivity index (χ1) is 9.89. The van der Waals surface area contributed by atoms with Crippen LogP contribution >= 0.6 is 11.3 Å². The minimum atomic E-state index is -4.58. The number of benzene rings is 1. The van der Waals surface area contributed by atoms with Gasteiger partial charge < -0.3 is 11.1 Å². The summed E-state index contributed by atoms with van der Waals surface area (Å²) in [4.78, 5) is 15.9. The van der Waals surface area contributed by atoms with Crippen molar-refractivity contribution in [2.75, 3.05) is 12.3 Å². The first-order valence-corrected chi connectivity index (χ1v) is 6.95. The van der Waals surface area contributed by atoms with Crippen LogP contribution in [0, 0.1) is 0 Å². The third-order valence-corrected chi connectivity index (χ3v) is 3.44. The van der Waals surface area contributed by atoms with E-state index < -0.39 is 23.3 Å². The Morgan fingerprint density at radius 1 is 1.38 bits per heavy atom. The third kappa shape index (κ3) is 3.72. The van der Waals surface area contributed by atoms with Crippen LogP contribution in [0.25, 0.3) is 0 Å². The summed E-state index contributed by atoms with van der Waals surface area (Å²) in [6, 6.07) is 3.28. The number of halogens is 3. The van der Waals surface area contributed by atoms with Crippen molar-refractivity contribution in [2.24, 2.45) is 0 Å². The molecule has 0 saturated carbocycles. The van der Waals surface area contributed by atoms with E-state index in [2.05, 4.69) is 10.3 Å². The lowest BCUT2D eigenvalue weighted by molar-refractivity contribution is -0.136. The second kappa shape index (κ2) is 6.13. The third-order valence-electron chi connectivity index (χ3n) is 2.81. The molecule has 1 heterocycles. The summed E-state index contributed by atoms with van der Waals surface area (Å²) in [5.41, 5.74) is 6.19. The number of rotatable bonds is 4. The molecule has 8 heteroatoms. The monoisotopic (exact) mass is 315 g/mol. The zero-order chi connectivity index (χ0) is 15.5. The van der Waals surface area contributed by atoms with Crippen LogP contribution in [0.1, 0.15) is 21.6 Å². The number of nitrogen functional groups attached to an aromatic ring is 1. The number of aromatic nitrogens is 1. The SMILES string of the molecule is Nc1c(C(=O)NCCc2cscn2)cccc1C(F)(F)F. The molecule has 1 aromatic carbocycles. The summed E-state index contributed by atoms with van der Waals surface area (Å²) in [6.45, 7) is 0.276. The van der Waals surface area contributed by atoms with E-state index in [1.807, 2.05) is 5.38 Å². The molecule has 21 heavy (non-hydrogen) atoms. The molecule has 3 N–H and O–H groups in total. The van der Waals surface area contributed by atoms with E-state index in [-0.39, 0.29) is 12.1 Å². The second-order valence-electron chi connectivity index (χ2n) is 4.25. The van der Waals surface area contributed by atoms with Gasteiger partial charge in [-0.15, -0.1) is 11.3 Å². The Balaban J connectivity index is 2.05. The fraction of sp³-hybridized carbons (Fsp3) is 0.231. The van der Waals surface area contributed by atoms with Gasteiger partial charge in [-0.05, 0) is 12.1 Å². The highest BCUT2D eigenvalue weighted by atomic mass is 32.1. The summed E-state index contributed by atoms with van der Waals surface area (Å²) >= 11 is 1.43. The lowest BCUT2D eigenvalue weighted by Crippen LogP contribution is -2.27. The van der Waals surface area contributed by atoms with Crippen molar-refractivity contribution in [3.05, 3.63) is 45.9 Å². The number of para-hydroxylation sites is 1. The van der Waals surface area contributed by atoms with E-state index in [1.54, 1.807) is 5.51 Å². The van der Waals surface area contributed by atoms with Crippen LogP contribution in [-0.2, 0) is 12.6 Å². The molecular weight excluding hydrogens is 303 g/mol. The molecule has 0 saturated heterocycles. The lowest BCUT2D eigenvalue weighted by Gasteiger charge is -2.13. The maximum Gasteiger partial charge on any atom is 0.418 e. The fourth-order valence-corrected chi connectivity index (χ4v) is 2.36. The zero-order valence-electron chi connectivity index (χ0n) is 10.8. The molecule has 0 aliphatic heterocycles. The van der Waals surface area contributed by atoms with E-state index in [4.69, 9.17) is 5.73 Å². The highest BCUT2D eigenvalue weighted by molar-refractivity contribution is 7.07. The van der Waals surface area contributed by atoms with Crippen molar-refractivity contribution >= 4 is 22.9 Å². The topological polar surface area (TPSA) is 68.0 Å². The number of hydrogen-bond donors (Lipinski definition) is 2. The molecule has 0 radical (unpaired) electrons. The predicted octanol–water partition coefficient (Wildman–Crippen LogP) is 2.72. The average molecular weight is 315 g/mol. The molecule has 1 amide bonds. The van der Waals surface area contributed by atoms with Crippen LogP contribution in [0.2, 0.25) is 0 Å². The molecule has 0 aliphatic carbocycles. The number of nitrogens with two attached hydrogens (primary N) is 1. The second-order valence-corrected chi connectivity index (χ2v) is 4.97. The number of nitrogens with one attached hydrogen (secondary N) is 1. The molecule has 112 valence electrons. The average Bonchev–Trinajstić information content (AvgIpc) is 2.90. The summed E-state index contributed by atoms with van der Waals surface area (Å²) in [5.74, 6) is -0.631. The number of anilines is 1. The number of amides is 1. The maximum atomic E-state index is 12.7. The zero-order valence-corrected chi connectivity index (χ0v) is 11.6. The molecule has 0 unspecified atom stereocenters. The van der Waals surface area contributed by atoms with Gasteiger partial charge in [-0.25, -0.2) is 4.98 Å². The highest BCUT2D eigenvalue weighted by Crippen LogP contribution is 2.34. The van der Waals surface area contributed by atoms with E-state index in [0.29, 0.717) is 6.42 Å². The van der Waals surface area contributed by atoms with Gasteiger partial charge in [-0.2, -0.15) is 13.2 Å². The number of alkyl halides is 3. The molecule has 2 rings (SSSR count). The molecule has 0 fully saturated rings. The molecule has 2 aromatic rings. The Morgan fingerprint density at radius 2 is 2.14 bits per heavy atom. The summed E-state index contributed by atoms with van der Waals surface area (Å²) < 4.78 is 38.1. The summed E-state index contributed by atoms with van der Waals surface area (Å²) in [5, 5.41) is 4.37. The van der Waals surface area contributed by atoms with Gasteiger partial charge >= 0.3 is 6.18 Å². The van der Waals surface area contributed by atoms with Crippen molar-refractivity contribution in [3.8, 4) is 0 Å². The Kier molecular flexibility index (Phi) is 4.46. The van der Waals surface area contributed by atoms with Crippen molar-refractivity contribution in [3.63, 3.8) is 0 Å². The summed E-state index contributed by atoms with van der Waals surface area (Å²) in [7, 11) is 0. The smallest absolute Gasteiger partial charge is 0.398 e. The number of nitrogens with zero attached hydrogens (tertiary/aromatic N) is 1. The molecular formula is C13H12F3N3OS. The van der Waals surface area contributed by atoms with Gasteiger partial charge in [0.05, 0.1) is 28.0 Å². The quantitative estimate of drug-likeness (QED) is 0.853. The Morgan fingerprint density at radius 3 is 2.76 bits per heavy atom. The van der Waals surface area contributed by atoms with E-state index >= 15 is 0 Å². The van der Waals surface area contributed by atoms with E-state index in [0.717, 1.165) is 17.8 Å². The van der Waals surface area contributed by atoms with Crippen LogP contribution in [0.15, 0.2) is 29.1 Å². The number of carbonyl (C=O) groups excluding carboxylic acids is 1. The Bertz CT molecular complexity index is 626. The van der Waals surface area contributed by atoms with Gasteiger partial charge in [0.15, 0.2) is 0 Å². The number of thiazole rings is 1. The van der Waals surface area contributed by atoms with Crippen molar-refractivity contribution in [2.45, 2.75) is 12.6 Å². The van der Waals surface area contributed by atoms with Gasteiger partial charge in [0.25, 0.3) is 5.91 Å². The van der Waals surface area contributed by atoms with E-state index in [9.17, 15) is 18.0 Å². The standard InChI is InChI=1S/C13H12F3N3OS/c14-13(15,16)10-3-1-2-9(11(10)17)12(20)18-5-4-8-6-21-7-19-8/h1-3,6-7H,4-5,17H2,(H,18,20). The number of carbonyl (C=O) groups is 1. The fourth-order valence-electron chi connectivity index (χ4n) is 1.77. The normalized spacial score (nSPS) is 11.4. The predicted molar refractivity (Wildman–Crippen MR) is 74.0 cm³/mol. The first kappa shape index (κ1) is 15.3. The number of hydrogen-bond acceptors (Lipinski definition) is 4. The Hall–Kier alpha value is -2.09. The molecule has 0 atom stereocenters. The van der Waals surface area contributed by atoms with Crippen LogP contribution in [0.5, 0.6) is 0 Å². The van der Waals surface area contributed by atoms with Crippen LogP contribution in [0.3, 0.4) is 0 Å². The minimum absolute atomic E-state index is 0.178. The van der Waals surface area contributed by atoms with Gasteiger partial charge in [-0.3, -0.25) is 4.79 Å². The summed E-state index contributed by atoms with van der Waals surface area (Å²) in [6.07, 6.45) is -4.07. The first-order valence-electron chi connectivity index (χ1n) is 6.00. The van der Waals surface area contributed by atoms with Gasteiger partial charge in [0, 0.05) is 18.3 Å². The van der Waals surface area contributed by atoms with Gasteiger partial charge in [0.1, 0.15) is 0 Å². The molecule has 4 nitrogen and oxygen atoms in total. The van der Waals surface area contributed by atoms with Crippen LogP contribution in [-0.4, -0.2) is 17.4 Å². The largest absolute Gasteiger partial charge is 0.418 e. The molecule has 0 spiro atoms. The van der Waals surface area contributed by atoms with Gasteiger partial charge in [0.2, 0.25) is 0 Å². The molecule has 0 bridgehead atoms. The maximum absolute atomic E-state index is 12.7. The highest BCUT2D eigenvalue weighted by Gasteiger charge is 2.34. The molecule has 1 aromatic heterocycles. The minimum Gasteiger partial charge on any atom is -0.398 e. The van der Waals surface area contributed by atoms with Crippen molar-refractivity contribution in [1.82, 2.24) is 10.3 Å². The van der Waals surface area contributed by atoms with Crippen LogP contribution < -0.4 is 11.1 Å². The van der Waals surface area contributed by atoms with Crippen LogP contribution in [0.4, 0.5) is 18.9 Å². The lowest BCUT2D eigenvalue weighted by atomic mass is 10.1. The molecule has 0 aliphatic rings. The van der Waals surface area contributed by atoms with Crippen molar-refractivity contribution < 1.29 is 18.0 Å². The Labute approximate surface area is 122 Å². The van der Waals surface area contributed by atoms with Gasteiger partial charge in [-0.1, -0.05) is 6.07 Å².